The van der Waals surface area contributed by atoms with Gasteiger partial charge in [-0.3, -0.25) is 4.99 Å². The number of hydrogen-bond acceptors (Lipinski definition) is 4. The Balaban J connectivity index is 1.54. The molecule has 166 valence electrons. The van der Waals surface area contributed by atoms with Crippen molar-refractivity contribution in [2.24, 2.45) is 4.99 Å². The SMILES string of the molecule is CN=C(NCCc1c(OC)cc(OC)cc1OC)NCCc1c[nH]c2cc(F)ccc12. The molecule has 3 rings (SSSR count). The predicted molar refractivity (Wildman–Crippen MR) is 121 cm³/mol. The summed E-state index contributed by atoms with van der Waals surface area (Å²) < 4.78 is 29.6. The molecule has 3 N–H and O–H groups in total. The molecule has 3 aromatic rings. The van der Waals surface area contributed by atoms with Crippen molar-refractivity contribution in [2.75, 3.05) is 41.5 Å². The molecule has 0 fully saturated rings. The summed E-state index contributed by atoms with van der Waals surface area (Å²) in [4.78, 5) is 7.40. The summed E-state index contributed by atoms with van der Waals surface area (Å²) in [6, 6.07) is 8.49. The molecule has 0 amide bonds. The van der Waals surface area contributed by atoms with Gasteiger partial charge in [-0.1, -0.05) is 0 Å². The Labute approximate surface area is 181 Å². The van der Waals surface area contributed by atoms with E-state index in [1.54, 1.807) is 34.4 Å². The normalized spacial score (nSPS) is 11.5. The molecule has 8 heteroatoms. The van der Waals surface area contributed by atoms with Crippen molar-refractivity contribution in [2.45, 2.75) is 12.8 Å². The highest BCUT2D eigenvalue weighted by molar-refractivity contribution is 5.83. The Kier molecular flexibility index (Phi) is 7.59. The number of halogens is 1. The third-order valence-corrected chi connectivity index (χ3v) is 5.12. The van der Waals surface area contributed by atoms with E-state index < -0.39 is 0 Å². The smallest absolute Gasteiger partial charge is 0.190 e. The topological polar surface area (TPSA) is 79.9 Å². The second-order valence-electron chi connectivity index (χ2n) is 6.94. The molecule has 0 radical (unpaired) electrons. The lowest BCUT2D eigenvalue weighted by Crippen LogP contribution is -2.39. The molecular weight excluding hydrogens is 399 g/mol. The number of rotatable bonds is 9. The Morgan fingerprint density at radius 1 is 0.968 bits per heavy atom. The molecule has 0 spiro atoms. The van der Waals surface area contributed by atoms with Crippen molar-refractivity contribution in [1.82, 2.24) is 15.6 Å². The fraction of sp³-hybridized carbons (Fsp3) is 0.348. The van der Waals surface area contributed by atoms with Gasteiger partial charge < -0.3 is 29.8 Å². The minimum absolute atomic E-state index is 0.242. The molecule has 0 unspecified atom stereocenters. The van der Waals surface area contributed by atoms with Crippen molar-refractivity contribution >= 4 is 16.9 Å². The highest BCUT2D eigenvalue weighted by Crippen LogP contribution is 2.34. The molecule has 0 aliphatic carbocycles. The Morgan fingerprint density at radius 2 is 1.65 bits per heavy atom. The van der Waals surface area contributed by atoms with E-state index in [0.717, 1.165) is 39.9 Å². The second-order valence-corrected chi connectivity index (χ2v) is 6.94. The predicted octanol–water partition coefficient (Wildman–Crippen LogP) is 3.28. The van der Waals surface area contributed by atoms with Crippen LogP contribution in [0.25, 0.3) is 10.9 Å². The summed E-state index contributed by atoms with van der Waals surface area (Å²) in [7, 11) is 6.60. The maximum absolute atomic E-state index is 13.3. The molecule has 0 bridgehead atoms. The number of nitrogens with zero attached hydrogens (tertiary/aromatic N) is 1. The molecule has 31 heavy (non-hydrogen) atoms. The number of guanidine groups is 1. The Bertz CT molecular complexity index is 1020. The highest BCUT2D eigenvalue weighted by Gasteiger charge is 2.13. The summed E-state index contributed by atoms with van der Waals surface area (Å²) in [6.07, 6.45) is 3.39. The number of hydrogen-bond donors (Lipinski definition) is 3. The molecular formula is C23H29FN4O3. The summed E-state index contributed by atoms with van der Waals surface area (Å²) in [6.45, 7) is 1.34. The van der Waals surface area contributed by atoms with Crippen LogP contribution in [0.15, 0.2) is 41.5 Å². The molecule has 0 atom stereocenters. The number of H-pyrrole nitrogens is 1. The minimum atomic E-state index is -0.242. The van der Waals surface area contributed by atoms with Gasteiger partial charge in [0.2, 0.25) is 0 Å². The zero-order valence-corrected chi connectivity index (χ0v) is 18.3. The highest BCUT2D eigenvalue weighted by atomic mass is 19.1. The molecule has 0 saturated heterocycles. The van der Waals surface area contributed by atoms with Crippen LogP contribution in [0.2, 0.25) is 0 Å². The van der Waals surface area contributed by atoms with Crippen LogP contribution in [0, 0.1) is 5.82 Å². The lowest BCUT2D eigenvalue weighted by atomic mass is 10.1. The zero-order valence-electron chi connectivity index (χ0n) is 18.3. The average molecular weight is 429 g/mol. The largest absolute Gasteiger partial charge is 0.496 e. The fourth-order valence-electron chi connectivity index (χ4n) is 3.53. The van der Waals surface area contributed by atoms with Crippen LogP contribution in [0.3, 0.4) is 0 Å². The first-order valence-corrected chi connectivity index (χ1v) is 10.1. The van der Waals surface area contributed by atoms with Crippen LogP contribution in [0.1, 0.15) is 11.1 Å². The summed E-state index contributed by atoms with van der Waals surface area (Å²) in [5.41, 5.74) is 2.89. The molecule has 2 aromatic carbocycles. The van der Waals surface area contributed by atoms with Crippen molar-refractivity contribution in [3.63, 3.8) is 0 Å². The van der Waals surface area contributed by atoms with E-state index in [-0.39, 0.29) is 5.82 Å². The number of ether oxygens (including phenoxy) is 3. The molecule has 7 nitrogen and oxygen atoms in total. The summed E-state index contributed by atoms with van der Waals surface area (Å²) >= 11 is 0. The number of nitrogens with one attached hydrogen (secondary N) is 3. The van der Waals surface area contributed by atoms with Crippen LogP contribution < -0.4 is 24.8 Å². The van der Waals surface area contributed by atoms with Crippen LogP contribution in [0.4, 0.5) is 4.39 Å². The lowest BCUT2D eigenvalue weighted by Gasteiger charge is -2.16. The molecule has 1 heterocycles. The maximum Gasteiger partial charge on any atom is 0.190 e. The van der Waals surface area contributed by atoms with Crippen LogP contribution in [0.5, 0.6) is 17.2 Å². The van der Waals surface area contributed by atoms with Crippen molar-refractivity contribution in [3.05, 3.63) is 53.5 Å². The van der Waals surface area contributed by atoms with Gasteiger partial charge in [0.25, 0.3) is 0 Å². The number of aromatic nitrogens is 1. The van der Waals surface area contributed by atoms with E-state index in [1.807, 2.05) is 18.3 Å². The van der Waals surface area contributed by atoms with E-state index in [9.17, 15) is 4.39 Å². The van der Waals surface area contributed by atoms with Gasteiger partial charge in [0.15, 0.2) is 5.96 Å². The van der Waals surface area contributed by atoms with E-state index >= 15 is 0 Å². The van der Waals surface area contributed by atoms with Crippen molar-refractivity contribution < 1.29 is 18.6 Å². The minimum Gasteiger partial charge on any atom is -0.496 e. The standard InChI is InChI=1S/C23H29FN4O3/c1-25-23(26-9-7-15-14-28-20-11-16(24)5-6-18(15)20)27-10-8-19-21(30-3)12-17(29-2)13-22(19)31-4/h5-6,11-14,28H,7-10H2,1-4H3,(H2,25,26,27). The number of aliphatic imine (C=N–C) groups is 1. The van der Waals surface area contributed by atoms with Crippen LogP contribution in [-0.4, -0.2) is 52.4 Å². The van der Waals surface area contributed by atoms with Gasteiger partial charge in [-0.25, -0.2) is 4.39 Å². The quantitative estimate of drug-likeness (QED) is 0.360. The number of benzene rings is 2. The van der Waals surface area contributed by atoms with E-state index in [0.29, 0.717) is 31.2 Å². The van der Waals surface area contributed by atoms with Crippen molar-refractivity contribution in [1.29, 1.82) is 0 Å². The van der Waals surface area contributed by atoms with E-state index in [4.69, 9.17) is 14.2 Å². The van der Waals surface area contributed by atoms with Gasteiger partial charge >= 0.3 is 0 Å². The Morgan fingerprint density at radius 3 is 2.26 bits per heavy atom. The van der Waals surface area contributed by atoms with Gasteiger partial charge in [-0.15, -0.1) is 0 Å². The van der Waals surface area contributed by atoms with E-state index in [2.05, 4.69) is 20.6 Å². The third-order valence-electron chi connectivity index (χ3n) is 5.12. The summed E-state index contributed by atoms with van der Waals surface area (Å²) in [5, 5.41) is 7.66. The van der Waals surface area contributed by atoms with Crippen LogP contribution >= 0.6 is 0 Å². The number of fused-ring (bicyclic) bond motifs is 1. The Hall–Kier alpha value is -3.42. The second kappa shape index (κ2) is 10.6. The fourth-order valence-corrected chi connectivity index (χ4v) is 3.53. The van der Waals surface area contributed by atoms with Gasteiger partial charge in [-0.2, -0.15) is 0 Å². The number of methoxy groups -OCH3 is 3. The summed E-state index contributed by atoms with van der Waals surface area (Å²) in [5.74, 6) is 2.59. The first kappa shape index (κ1) is 22.3. The zero-order chi connectivity index (χ0) is 22.2. The first-order chi connectivity index (χ1) is 15.1. The number of aromatic amines is 1. The average Bonchev–Trinajstić information content (AvgIpc) is 3.19. The van der Waals surface area contributed by atoms with Crippen molar-refractivity contribution in [3.8, 4) is 17.2 Å². The van der Waals surface area contributed by atoms with Gasteiger partial charge in [0, 0.05) is 54.9 Å². The monoisotopic (exact) mass is 428 g/mol. The molecule has 0 saturated carbocycles. The van der Waals surface area contributed by atoms with Gasteiger partial charge in [-0.05, 0) is 36.6 Å². The lowest BCUT2D eigenvalue weighted by molar-refractivity contribution is 0.368. The molecule has 0 aliphatic heterocycles. The van der Waals surface area contributed by atoms with Gasteiger partial charge in [0.1, 0.15) is 23.1 Å². The van der Waals surface area contributed by atoms with Crippen LogP contribution in [-0.2, 0) is 12.8 Å². The maximum atomic E-state index is 13.3. The molecule has 0 aliphatic rings. The van der Waals surface area contributed by atoms with E-state index in [1.165, 1.54) is 12.1 Å². The van der Waals surface area contributed by atoms with Gasteiger partial charge in [0.05, 0.1) is 21.3 Å². The molecule has 1 aromatic heterocycles. The third kappa shape index (κ3) is 5.39. The first-order valence-electron chi connectivity index (χ1n) is 10.1.